The predicted molar refractivity (Wildman–Crippen MR) is 117 cm³/mol. The Morgan fingerprint density at radius 1 is 1.26 bits per heavy atom. The van der Waals surface area contributed by atoms with Crippen molar-refractivity contribution in [1.82, 2.24) is 19.7 Å². The lowest BCUT2D eigenvalue weighted by Crippen LogP contribution is -2.38. The first kappa shape index (κ1) is 24.9. The van der Waals surface area contributed by atoms with Crippen molar-refractivity contribution in [3.8, 4) is 5.88 Å². The minimum Gasteiger partial charge on any atom is -0.479 e. The van der Waals surface area contributed by atoms with E-state index in [0.29, 0.717) is 33.1 Å². The van der Waals surface area contributed by atoms with Crippen molar-refractivity contribution in [2.75, 3.05) is 13.7 Å². The zero-order chi connectivity index (χ0) is 25.2. The van der Waals surface area contributed by atoms with Gasteiger partial charge in [-0.2, -0.15) is 13.2 Å². The highest BCUT2D eigenvalue weighted by molar-refractivity contribution is 5.86. The molecule has 0 fully saturated rings. The second-order valence-corrected chi connectivity index (χ2v) is 7.88. The van der Waals surface area contributed by atoms with E-state index in [0.717, 1.165) is 5.56 Å². The molecule has 9 nitrogen and oxygen atoms in total. The van der Waals surface area contributed by atoms with Gasteiger partial charge in [0, 0.05) is 30.8 Å². The Morgan fingerprint density at radius 3 is 2.56 bits per heavy atom. The number of para-hydroxylation sites is 1. The molecular weight excluding hydrogens is 455 g/mol. The maximum atomic E-state index is 13.2. The fraction of sp³-hybridized carbons (Fsp3) is 0.409. The smallest absolute Gasteiger partial charge is 0.406 e. The standard InChI is InChI=1S/C22H24F3N5O4/c1-13-16(14(2)26-20-19(13)21(34-4)27-28(20)3)9-10-18(31)29(12-22(23,24)25)11-15-7-5-6-8-17(15)30(32)33/h5-8H,9-12H2,1-4H3. The van der Waals surface area contributed by atoms with Crippen LogP contribution in [0.4, 0.5) is 18.9 Å². The molecule has 2 heterocycles. The van der Waals surface area contributed by atoms with E-state index >= 15 is 0 Å². The van der Waals surface area contributed by atoms with E-state index in [-0.39, 0.29) is 24.1 Å². The fourth-order valence-electron chi connectivity index (χ4n) is 3.97. The topological polar surface area (TPSA) is 103 Å². The molecule has 182 valence electrons. The fourth-order valence-corrected chi connectivity index (χ4v) is 3.97. The summed E-state index contributed by atoms with van der Waals surface area (Å²) in [5.74, 6) is -0.405. The number of pyridine rings is 1. The van der Waals surface area contributed by atoms with Gasteiger partial charge in [-0.05, 0) is 31.4 Å². The molecule has 0 N–H and O–H groups in total. The number of ether oxygens (including phenoxy) is 1. The summed E-state index contributed by atoms with van der Waals surface area (Å²) in [4.78, 5) is 28.6. The van der Waals surface area contributed by atoms with Gasteiger partial charge in [0.05, 0.1) is 24.0 Å². The molecule has 34 heavy (non-hydrogen) atoms. The maximum absolute atomic E-state index is 13.2. The molecule has 0 aliphatic heterocycles. The van der Waals surface area contributed by atoms with Gasteiger partial charge >= 0.3 is 6.18 Å². The van der Waals surface area contributed by atoms with Crippen LogP contribution >= 0.6 is 0 Å². The van der Waals surface area contributed by atoms with Crippen molar-refractivity contribution < 1.29 is 27.6 Å². The van der Waals surface area contributed by atoms with Crippen molar-refractivity contribution in [3.63, 3.8) is 0 Å². The van der Waals surface area contributed by atoms with Crippen LogP contribution in [0.15, 0.2) is 24.3 Å². The van der Waals surface area contributed by atoms with E-state index in [4.69, 9.17) is 4.74 Å². The van der Waals surface area contributed by atoms with Crippen LogP contribution in [-0.2, 0) is 24.8 Å². The van der Waals surface area contributed by atoms with Gasteiger partial charge in [-0.3, -0.25) is 14.9 Å². The van der Waals surface area contributed by atoms with Crippen LogP contribution in [0.25, 0.3) is 11.0 Å². The zero-order valence-electron chi connectivity index (χ0n) is 19.1. The Balaban J connectivity index is 1.88. The molecule has 0 bridgehead atoms. The van der Waals surface area contributed by atoms with Crippen LogP contribution in [-0.4, -0.2) is 50.3 Å². The van der Waals surface area contributed by atoms with Gasteiger partial charge < -0.3 is 9.64 Å². The van der Waals surface area contributed by atoms with Crippen LogP contribution in [0.2, 0.25) is 0 Å². The molecule has 0 unspecified atom stereocenters. The van der Waals surface area contributed by atoms with E-state index in [2.05, 4.69) is 10.1 Å². The number of nitro benzene ring substituents is 1. The first-order chi connectivity index (χ1) is 15.9. The number of carbonyl (C=O) groups excluding carboxylic acids is 1. The SMILES string of the molecule is COc1nn(C)c2nc(C)c(CCC(=O)N(Cc3ccccc3[N+](=O)[O-])CC(F)(F)F)c(C)c12. The van der Waals surface area contributed by atoms with Gasteiger partial charge in [-0.25, -0.2) is 9.67 Å². The second-order valence-electron chi connectivity index (χ2n) is 7.88. The van der Waals surface area contributed by atoms with Crippen LogP contribution in [0.1, 0.15) is 28.8 Å². The number of methoxy groups -OCH3 is 1. The Bertz CT molecular complexity index is 1240. The number of hydrogen-bond acceptors (Lipinski definition) is 6. The molecule has 0 saturated carbocycles. The Hall–Kier alpha value is -3.70. The summed E-state index contributed by atoms with van der Waals surface area (Å²) >= 11 is 0. The molecule has 12 heteroatoms. The maximum Gasteiger partial charge on any atom is 0.406 e. The minimum absolute atomic E-state index is 0.0284. The summed E-state index contributed by atoms with van der Waals surface area (Å²) in [6.45, 7) is 1.54. The van der Waals surface area contributed by atoms with Gasteiger partial charge in [0.25, 0.3) is 5.69 Å². The number of halogens is 3. The quantitative estimate of drug-likeness (QED) is 0.357. The molecule has 0 radical (unpaired) electrons. The lowest BCUT2D eigenvalue weighted by Gasteiger charge is -2.24. The Kier molecular flexibility index (Phi) is 7.08. The molecule has 3 rings (SSSR count). The summed E-state index contributed by atoms with van der Waals surface area (Å²) < 4.78 is 46.5. The summed E-state index contributed by atoms with van der Waals surface area (Å²) in [7, 11) is 3.19. The number of carbonyl (C=O) groups is 1. The van der Waals surface area contributed by atoms with Gasteiger partial charge in [0.2, 0.25) is 11.8 Å². The number of hydrogen-bond donors (Lipinski definition) is 0. The molecule has 0 atom stereocenters. The van der Waals surface area contributed by atoms with Crippen LogP contribution < -0.4 is 4.74 Å². The lowest BCUT2D eigenvalue weighted by molar-refractivity contribution is -0.385. The Labute approximate surface area is 193 Å². The number of aromatic nitrogens is 3. The van der Waals surface area contributed by atoms with E-state index in [1.807, 2.05) is 6.92 Å². The normalized spacial score (nSPS) is 11.6. The summed E-state index contributed by atoms with van der Waals surface area (Å²) in [5.41, 5.74) is 2.40. The molecule has 2 aromatic heterocycles. The summed E-state index contributed by atoms with van der Waals surface area (Å²) in [6.07, 6.45) is -4.74. The van der Waals surface area contributed by atoms with Crippen LogP contribution in [0.3, 0.4) is 0 Å². The number of nitro groups is 1. The highest BCUT2D eigenvalue weighted by atomic mass is 19.4. The Morgan fingerprint density at radius 2 is 1.94 bits per heavy atom. The number of alkyl halides is 3. The number of rotatable bonds is 8. The number of nitrogens with zero attached hydrogens (tertiary/aromatic N) is 5. The van der Waals surface area contributed by atoms with E-state index in [9.17, 15) is 28.1 Å². The van der Waals surface area contributed by atoms with Gasteiger partial charge in [-0.1, -0.05) is 18.2 Å². The van der Waals surface area contributed by atoms with Crippen molar-refractivity contribution in [2.45, 2.75) is 39.4 Å². The molecule has 1 amide bonds. The average Bonchev–Trinajstić information content (AvgIpc) is 3.07. The summed E-state index contributed by atoms with van der Waals surface area (Å²) in [5, 5.41) is 16.2. The zero-order valence-corrected chi connectivity index (χ0v) is 19.1. The third-order valence-electron chi connectivity index (χ3n) is 5.58. The van der Waals surface area contributed by atoms with E-state index < -0.39 is 30.1 Å². The highest BCUT2D eigenvalue weighted by Crippen LogP contribution is 2.31. The number of fused-ring (bicyclic) bond motifs is 1. The second kappa shape index (κ2) is 9.65. The monoisotopic (exact) mass is 479 g/mol. The average molecular weight is 479 g/mol. The van der Waals surface area contributed by atoms with Gasteiger partial charge in [-0.15, -0.1) is 5.10 Å². The van der Waals surface area contributed by atoms with Gasteiger partial charge in [0.15, 0.2) is 5.65 Å². The van der Waals surface area contributed by atoms with Crippen molar-refractivity contribution in [3.05, 3.63) is 56.8 Å². The third-order valence-corrected chi connectivity index (χ3v) is 5.58. The predicted octanol–water partition coefficient (Wildman–Crippen LogP) is 4.03. The molecule has 0 aliphatic rings. The lowest BCUT2D eigenvalue weighted by atomic mass is 9.99. The minimum atomic E-state index is -4.66. The van der Waals surface area contributed by atoms with Crippen molar-refractivity contribution in [2.24, 2.45) is 7.05 Å². The third kappa shape index (κ3) is 5.26. The largest absolute Gasteiger partial charge is 0.479 e. The van der Waals surface area contributed by atoms with Crippen LogP contribution in [0.5, 0.6) is 5.88 Å². The summed E-state index contributed by atoms with van der Waals surface area (Å²) in [6, 6.07) is 5.43. The number of benzene rings is 1. The number of aryl methyl sites for hydroxylation is 3. The van der Waals surface area contributed by atoms with E-state index in [1.165, 1.54) is 31.4 Å². The number of amides is 1. The first-order valence-corrected chi connectivity index (χ1v) is 10.4. The highest BCUT2D eigenvalue weighted by Gasteiger charge is 2.34. The molecule has 0 aliphatic carbocycles. The molecular formula is C22H24F3N5O4. The first-order valence-electron chi connectivity index (χ1n) is 10.4. The molecule has 1 aromatic carbocycles. The molecule has 3 aromatic rings. The van der Waals surface area contributed by atoms with Crippen LogP contribution in [0, 0.1) is 24.0 Å². The van der Waals surface area contributed by atoms with Crippen molar-refractivity contribution >= 4 is 22.6 Å². The van der Waals surface area contributed by atoms with Gasteiger partial charge in [0.1, 0.15) is 6.54 Å². The molecule has 0 saturated heterocycles. The van der Waals surface area contributed by atoms with E-state index in [1.54, 1.807) is 18.7 Å². The molecule has 0 spiro atoms. The van der Waals surface area contributed by atoms with Crippen molar-refractivity contribution in [1.29, 1.82) is 0 Å².